The first kappa shape index (κ1) is 28.3. The molecule has 5 rings (SSSR count). The first-order valence-electron chi connectivity index (χ1n) is 12.9. The summed E-state index contributed by atoms with van der Waals surface area (Å²) in [6, 6.07) is 30.5. The van der Waals surface area contributed by atoms with E-state index in [4.69, 9.17) is 13.8 Å². The molecule has 1 amide bonds. The Bertz CT molecular complexity index is 1520. The zero-order valence-electron chi connectivity index (χ0n) is 21.8. The molecule has 3 N–H and O–H groups in total. The molecule has 0 saturated heterocycles. The van der Waals surface area contributed by atoms with E-state index in [1.807, 2.05) is 48.5 Å². The predicted octanol–water partition coefficient (Wildman–Crippen LogP) is 6.05. The van der Waals surface area contributed by atoms with Crippen LogP contribution in [0.25, 0.3) is 11.1 Å². The molecule has 4 aromatic carbocycles. The number of aliphatic carboxylic acids is 1. The zero-order chi connectivity index (χ0) is 28.8. The Morgan fingerprint density at radius 3 is 1.93 bits per heavy atom. The number of benzene rings is 4. The van der Waals surface area contributed by atoms with E-state index >= 15 is 0 Å². The molecule has 0 radical (unpaired) electrons. The van der Waals surface area contributed by atoms with Crippen molar-refractivity contribution in [3.8, 4) is 11.1 Å². The van der Waals surface area contributed by atoms with Crippen LogP contribution < -0.4 is 5.32 Å². The van der Waals surface area contributed by atoms with Crippen molar-refractivity contribution in [3.05, 3.63) is 131 Å². The summed E-state index contributed by atoms with van der Waals surface area (Å²) in [6.45, 7) is -0.282. The summed E-state index contributed by atoms with van der Waals surface area (Å²) in [5.41, 5.74) is 4.96. The van der Waals surface area contributed by atoms with Gasteiger partial charge in [0.2, 0.25) is 0 Å². The van der Waals surface area contributed by atoms with Crippen molar-refractivity contribution >= 4 is 19.9 Å². The molecular weight excluding hydrogens is 545 g/mol. The van der Waals surface area contributed by atoms with Gasteiger partial charge in [-0.2, -0.15) is 0 Å². The van der Waals surface area contributed by atoms with Crippen molar-refractivity contribution in [2.45, 2.75) is 24.7 Å². The average Bonchev–Trinajstić information content (AvgIpc) is 3.31. The van der Waals surface area contributed by atoms with Gasteiger partial charge in [-0.3, -0.25) is 9.05 Å². The minimum Gasteiger partial charge on any atom is -0.480 e. The Kier molecular flexibility index (Phi) is 8.61. The number of carbonyl (C=O) groups is 2. The Balaban J connectivity index is 1.31. The van der Waals surface area contributed by atoms with Crippen LogP contribution >= 0.6 is 7.82 Å². The molecule has 10 heteroatoms. The average molecular weight is 574 g/mol. The highest BCUT2D eigenvalue weighted by Crippen LogP contribution is 2.49. The van der Waals surface area contributed by atoms with Crippen molar-refractivity contribution in [3.63, 3.8) is 0 Å². The number of alkyl carbamates (subject to hydrolysis) is 1. The number of rotatable bonds is 11. The van der Waals surface area contributed by atoms with E-state index in [9.17, 15) is 24.2 Å². The van der Waals surface area contributed by atoms with Crippen molar-refractivity contribution in [2.75, 3.05) is 6.61 Å². The minimum atomic E-state index is -4.78. The fourth-order valence-corrected chi connectivity index (χ4v) is 5.80. The number of phosphoric acid groups is 1. The van der Waals surface area contributed by atoms with E-state index in [2.05, 4.69) is 5.32 Å². The Morgan fingerprint density at radius 2 is 1.34 bits per heavy atom. The van der Waals surface area contributed by atoms with Gasteiger partial charge in [0, 0.05) is 5.92 Å². The second kappa shape index (κ2) is 12.5. The molecule has 210 valence electrons. The van der Waals surface area contributed by atoms with Crippen molar-refractivity contribution in [1.29, 1.82) is 0 Å². The third kappa shape index (κ3) is 6.73. The third-order valence-electron chi connectivity index (χ3n) is 6.80. The lowest BCUT2D eigenvalue weighted by Gasteiger charge is -2.27. The molecule has 0 fully saturated rings. The topological polar surface area (TPSA) is 131 Å². The van der Waals surface area contributed by atoms with Crippen LogP contribution in [0.1, 0.15) is 34.3 Å². The largest absolute Gasteiger partial charge is 0.480 e. The van der Waals surface area contributed by atoms with Crippen LogP contribution in [0.5, 0.6) is 0 Å². The highest BCUT2D eigenvalue weighted by atomic mass is 31.2. The van der Waals surface area contributed by atoms with E-state index in [1.54, 1.807) is 48.5 Å². The zero-order valence-corrected chi connectivity index (χ0v) is 22.7. The molecular formula is C31H28NO8P. The summed E-state index contributed by atoms with van der Waals surface area (Å²) in [5.74, 6) is -1.72. The number of carboxylic acids is 1. The number of ether oxygens (including phenoxy) is 1. The van der Waals surface area contributed by atoms with E-state index in [0.717, 1.165) is 22.3 Å². The fourth-order valence-electron chi connectivity index (χ4n) is 4.90. The van der Waals surface area contributed by atoms with E-state index in [-0.39, 0.29) is 24.7 Å². The van der Waals surface area contributed by atoms with Gasteiger partial charge in [0.15, 0.2) is 6.04 Å². The first-order chi connectivity index (χ1) is 19.8. The fraction of sp³-hybridized carbons (Fsp3) is 0.161. The van der Waals surface area contributed by atoms with Crippen LogP contribution in [0.4, 0.5) is 4.79 Å². The number of hydrogen-bond acceptors (Lipinski definition) is 6. The van der Waals surface area contributed by atoms with Crippen LogP contribution in [-0.2, 0) is 29.8 Å². The molecule has 3 atom stereocenters. The predicted molar refractivity (Wildman–Crippen MR) is 151 cm³/mol. The minimum absolute atomic E-state index is 0.0399. The number of carbonyl (C=O) groups excluding carboxylic acids is 1. The number of hydrogen-bond donors (Lipinski definition) is 3. The van der Waals surface area contributed by atoms with Crippen LogP contribution in [0.3, 0.4) is 0 Å². The summed E-state index contributed by atoms with van der Waals surface area (Å²) < 4.78 is 28.9. The normalized spacial score (nSPS) is 15.1. The molecule has 9 nitrogen and oxygen atoms in total. The molecule has 41 heavy (non-hydrogen) atoms. The van der Waals surface area contributed by atoms with E-state index in [0.29, 0.717) is 5.56 Å². The van der Waals surface area contributed by atoms with Crippen molar-refractivity contribution < 1.29 is 37.9 Å². The van der Waals surface area contributed by atoms with Gasteiger partial charge in [-0.1, -0.05) is 109 Å². The van der Waals surface area contributed by atoms with Gasteiger partial charge in [0.05, 0.1) is 6.61 Å². The molecule has 4 aromatic rings. The van der Waals surface area contributed by atoms with Crippen LogP contribution in [0.2, 0.25) is 0 Å². The molecule has 0 heterocycles. The highest BCUT2D eigenvalue weighted by Gasteiger charge is 2.39. The van der Waals surface area contributed by atoms with Crippen LogP contribution in [0, 0.1) is 0 Å². The van der Waals surface area contributed by atoms with Gasteiger partial charge in [-0.05, 0) is 33.4 Å². The number of carboxylic acid groups (broad SMARTS) is 1. The standard InChI is InChI=1S/C31H28NO8P/c33-30(34)28(29(22-13-5-2-6-14-22)40-41(36,37)39-19-21-11-3-1-4-12-21)32-31(35)38-20-27-25-17-9-7-15-23(25)24-16-8-10-18-26(24)27/h1-18,27-29H,19-20H2,(H,32,35)(H,33,34)(H,36,37)/t28-,29+/m0/s1. The van der Waals surface area contributed by atoms with Crippen molar-refractivity contribution in [1.82, 2.24) is 5.32 Å². The number of nitrogens with one attached hydrogen (secondary N) is 1. The van der Waals surface area contributed by atoms with Gasteiger partial charge >= 0.3 is 19.9 Å². The van der Waals surface area contributed by atoms with Crippen molar-refractivity contribution in [2.24, 2.45) is 0 Å². The van der Waals surface area contributed by atoms with E-state index in [1.165, 1.54) is 12.1 Å². The summed E-state index contributed by atoms with van der Waals surface area (Å²) in [5, 5.41) is 12.3. The van der Waals surface area contributed by atoms with E-state index < -0.39 is 32.0 Å². The summed E-state index contributed by atoms with van der Waals surface area (Å²) in [6.07, 6.45) is -2.58. The van der Waals surface area contributed by atoms with Crippen LogP contribution in [0.15, 0.2) is 109 Å². The lowest BCUT2D eigenvalue weighted by atomic mass is 9.98. The molecule has 0 aliphatic heterocycles. The summed E-state index contributed by atoms with van der Waals surface area (Å²) >= 11 is 0. The Labute approximate surface area is 237 Å². The van der Waals surface area contributed by atoms with Gasteiger partial charge in [0.1, 0.15) is 12.7 Å². The molecule has 1 aliphatic carbocycles. The monoisotopic (exact) mass is 573 g/mol. The maximum absolute atomic E-state index is 12.9. The Morgan fingerprint density at radius 1 is 0.805 bits per heavy atom. The lowest BCUT2D eigenvalue weighted by Crippen LogP contribution is -2.46. The second-order valence-electron chi connectivity index (χ2n) is 9.45. The summed E-state index contributed by atoms with van der Waals surface area (Å²) in [7, 11) is -4.78. The SMILES string of the molecule is O=C(N[C@H](C(=O)O)[C@H](OP(=O)(O)OCc1ccccc1)c1ccccc1)OCC1c2ccccc2-c2ccccc21. The molecule has 1 unspecified atom stereocenters. The first-order valence-corrected chi connectivity index (χ1v) is 14.4. The second-order valence-corrected chi connectivity index (χ2v) is 10.9. The quantitative estimate of drug-likeness (QED) is 0.185. The molecule has 0 aromatic heterocycles. The third-order valence-corrected chi connectivity index (χ3v) is 7.75. The molecule has 0 spiro atoms. The van der Waals surface area contributed by atoms with Gasteiger partial charge in [-0.15, -0.1) is 0 Å². The Hall–Kier alpha value is -4.27. The number of amides is 1. The smallest absolute Gasteiger partial charge is 0.473 e. The molecule has 0 bridgehead atoms. The van der Waals surface area contributed by atoms with Gasteiger partial charge in [-0.25, -0.2) is 14.2 Å². The van der Waals surface area contributed by atoms with Crippen LogP contribution in [-0.4, -0.2) is 34.7 Å². The number of fused-ring (bicyclic) bond motifs is 3. The lowest BCUT2D eigenvalue weighted by molar-refractivity contribution is -0.142. The van der Waals surface area contributed by atoms with Gasteiger partial charge in [0.25, 0.3) is 0 Å². The molecule has 0 saturated carbocycles. The molecule has 1 aliphatic rings. The number of phosphoric ester groups is 1. The van der Waals surface area contributed by atoms with Gasteiger partial charge < -0.3 is 20.1 Å². The maximum atomic E-state index is 12.9. The summed E-state index contributed by atoms with van der Waals surface area (Å²) in [4.78, 5) is 35.8. The highest BCUT2D eigenvalue weighted by molar-refractivity contribution is 7.47. The maximum Gasteiger partial charge on any atom is 0.473 e.